The molecule has 0 aromatic heterocycles. The topological polar surface area (TPSA) is 67.2 Å². The molecule has 0 heterocycles. The minimum Gasteiger partial charge on any atom is -0.349 e. The summed E-state index contributed by atoms with van der Waals surface area (Å²) in [6, 6.07) is 7.55. The highest BCUT2D eigenvalue weighted by Gasteiger charge is 2.31. The monoisotopic (exact) mass is 247 g/mol. The van der Waals surface area contributed by atoms with Gasteiger partial charge in [0, 0.05) is 6.04 Å². The van der Waals surface area contributed by atoms with Gasteiger partial charge in [-0.2, -0.15) is 0 Å². The van der Waals surface area contributed by atoms with E-state index in [1.54, 1.807) is 12.1 Å². The predicted octanol–water partition coefficient (Wildman–Crippen LogP) is 2.28. The number of nitrogens with two attached hydrogens (primary N) is 1. The van der Waals surface area contributed by atoms with Gasteiger partial charge in [-0.3, -0.25) is 10.6 Å². The first-order valence-electron chi connectivity index (χ1n) is 6.38. The zero-order valence-corrected chi connectivity index (χ0v) is 11.0. The number of para-hydroxylation sites is 1. The lowest BCUT2D eigenvalue weighted by atomic mass is 9.92. The first kappa shape index (κ1) is 12.9. The van der Waals surface area contributed by atoms with Gasteiger partial charge in [-0.15, -0.1) is 0 Å². The van der Waals surface area contributed by atoms with Crippen molar-refractivity contribution < 1.29 is 4.79 Å². The normalized spacial score (nSPS) is 21.6. The van der Waals surface area contributed by atoms with Crippen molar-refractivity contribution in [1.82, 2.24) is 5.32 Å². The van der Waals surface area contributed by atoms with Crippen LogP contribution >= 0.6 is 0 Å². The Morgan fingerprint density at radius 1 is 1.39 bits per heavy atom. The van der Waals surface area contributed by atoms with Gasteiger partial charge in [0.1, 0.15) is 0 Å². The van der Waals surface area contributed by atoms with Crippen LogP contribution in [0, 0.1) is 5.41 Å². The molecule has 4 N–H and O–H groups in total. The molecule has 4 nitrogen and oxygen atoms in total. The summed E-state index contributed by atoms with van der Waals surface area (Å²) in [4.78, 5) is 12.2. The van der Waals surface area contributed by atoms with Gasteiger partial charge in [-0.25, -0.2) is 0 Å². The Balaban J connectivity index is 2.04. The number of hydrogen-bond acceptors (Lipinski definition) is 3. The highest BCUT2D eigenvalue weighted by atomic mass is 16.1. The lowest BCUT2D eigenvalue weighted by molar-refractivity contribution is 0.0937. The van der Waals surface area contributed by atoms with E-state index in [4.69, 9.17) is 5.84 Å². The zero-order valence-electron chi connectivity index (χ0n) is 11.0. The third-order valence-electron chi connectivity index (χ3n) is 3.63. The fourth-order valence-corrected chi connectivity index (χ4v) is 2.63. The van der Waals surface area contributed by atoms with E-state index >= 15 is 0 Å². The summed E-state index contributed by atoms with van der Waals surface area (Å²) in [7, 11) is 0. The minimum atomic E-state index is -0.0498. The average molecular weight is 247 g/mol. The van der Waals surface area contributed by atoms with Gasteiger partial charge in [0.25, 0.3) is 5.91 Å². The summed E-state index contributed by atoms with van der Waals surface area (Å²) in [6.07, 6.45) is 3.25. The summed E-state index contributed by atoms with van der Waals surface area (Å²) in [6.45, 7) is 4.49. The molecule has 1 saturated carbocycles. The van der Waals surface area contributed by atoms with Crippen LogP contribution in [0.15, 0.2) is 24.3 Å². The van der Waals surface area contributed by atoms with Crippen molar-refractivity contribution in [2.75, 3.05) is 5.43 Å². The molecule has 0 aliphatic heterocycles. The van der Waals surface area contributed by atoms with Gasteiger partial charge >= 0.3 is 0 Å². The SMILES string of the molecule is CC1(C)CCC(NC(=O)c2ccccc2NN)C1. The first-order chi connectivity index (χ1) is 8.52. The number of carbonyl (C=O) groups is 1. The number of rotatable bonds is 3. The van der Waals surface area contributed by atoms with Gasteiger partial charge in [-0.1, -0.05) is 26.0 Å². The number of nitrogen functional groups attached to an aromatic ring is 1. The van der Waals surface area contributed by atoms with Crippen LogP contribution in [-0.4, -0.2) is 11.9 Å². The van der Waals surface area contributed by atoms with E-state index in [0.29, 0.717) is 16.7 Å². The van der Waals surface area contributed by atoms with Gasteiger partial charge in [0.05, 0.1) is 11.3 Å². The molecule has 1 atom stereocenters. The lowest BCUT2D eigenvalue weighted by Gasteiger charge is -2.18. The summed E-state index contributed by atoms with van der Waals surface area (Å²) >= 11 is 0. The Labute approximate surface area is 108 Å². The summed E-state index contributed by atoms with van der Waals surface area (Å²) in [5.74, 6) is 5.36. The Kier molecular flexibility index (Phi) is 3.57. The van der Waals surface area contributed by atoms with E-state index in [2.05, 4.69) is 24.6 Å². The molecule has 0 radical (unpaired) electrons. The van der Waals surface area contributed by atoms with E-state index in [1.807, 2.05) is 12.1 Å². The van der Waals surface area contributed by atoms with Crippen LogP contribution in [0.5, 0.6) is 0 Å². The summed E-state index contributed by atoms with van der Waals surface area (Å²) in [5.41, 5.74) is 4.15. The maximum atomic E-state index is 12.2. The number of carbonyl (C=O) groups excluding carboxylic acids is 1. The van der Waals surface area contributed by atoms with Crippen LogP contribution in [0.4, 0.5) is 5.69 Å². The van der Waals surface area contributed by atoms with Gasteiger partial charge in [-0.05, 0) is 36.8 Å². The molecule has 1 fully saturated rings. The summed E-state index contributed by atoms with van der Waals surface area (Å²) < 4.78 is 0. The highest BCUT2D eigenvalue weighted by Crippen LogP contribution is 2.37. The number of hydrazine groups is 1. The van der Waals surface area contributed by atoms with Crippen LogP contribution in [-0.2, 0) is 0 Å². The predicted molar refractivity (Wildman–Crippen MR) is 73.1 cm³/mol. The van der Waals surface area contributed by atoms with Crippen LogP contribution in [0.1, 0.15) is 43.5 Å². The number of anilines is 1. The van der Waals surface area contributed by atoms with E-state index < -0.39 is 0 Å². The van der Waals surface area contributed by atoms with Crippen molar-refractivity contribution in [3.8, 4) is 0 Å². The van der Waals surface area contributed by atoms with Gasteiger partial charge < -0.3 is 10.7 Å². The van der Waals surface area contributed by atoms with E-state index in [-0.39, 0.29) is 11.9 Å². The molecule has 1 aliphatic carbocycles. The number of nitrogens with one attached hydrogen (secondary N) is 2. The first-order valence-corrected chi connectivity index (χ1v) is 6.38. The Hall–Kier alpha value is -1.55. The Bertz CT molecular complexity index is 442. The molecule has 1 aromatic carbocycles. The van der Waals surface area contributed by atoms with Crippen LogP contribution in [0.25, 0.3) is 0 Å². The molecule has 1 amide bonds. The molecule has 18 heavy (non-hydrogen) atoms. The van der Waals surface area contributed by atoms with E-state index in [1.165, 1.54) is 0 Å². The molecule has 0 saturated heterocycles. The fourth-order valence-electron chi connectivity index (χ4n) is 2.63. The van der Waals surface area contributed by atoms with Crippen molar-refractivity contribution in [3.63, 3.8) is 0 Å². The number of hydrogen-bond donors (Lipinski definition) is 3. The zero-order chi connectivity index (χ0) is 13.2. The van der Waals surface area contributed by atoms with Crippen LogP contribution in [0.3, 0.4) is 0 Å². The minimum absolute atomic E-state index is 0.0498. The third kappa shape index (κ3) is 2.82. The second-order valence-corrected chi connectivity index (χ2v) is 5.77. The Morgan fingerprint density at radius 3 is 2.72 bits per heavy atom. The molecule has 0 bridgehead atoms. The maximum Gasteiger partial charge on any atom is 0.253 e. The molecule has 2 rings (SSSR count). The average Bonchev–Trinajstić information content (AvgIpc) is 2.68. The van der Waals surface area contributed by atoms with Crippen LogP contribution in [0.2, 0.25) is 0 Å². The Morgan fingerprint density at radius 2 is 2.11 bits per heavy atom. The van der Waals surface area contributed by atoms with Crippen molar-refractivity contribution in [2.45, 2.75) is 39.2 Å². The quantitative estimate of drug-likeness (QED) is 0.567. The number of amides is 1. The largest absolute Gasteiger partial charge is 0.349 e. The maximum absolute atomic E-state index is 12.2. The van der Waals surface area contributed by atoms with E-state index in [0.717, 1.165) is 19.3 Å². The van der Waals surface area contributed by atoms with E-state index in [9.17, 15) is 4.79 Å². The molecule has 98 valence electrons. The van der Waals surface area contributed by atoms with Crippen molar-refractivity contribution in [1.29, 1.82) is 0 Å². The van der Waals surface area contributed by atoms with Crippen LogP contribution < -0.4 is 16.6 Å². The molecule has 0 spiro atoms. The summed E-state index contributed by atoms with van der Waals surface area (Å²) in [5, 5.41) is 3.09. The van der Waals surface area contributed by atoms with Crippen molar-refractivity contribution in [2.24, 2.45) is 11.3 Å². The number of benzene rings is 1. The lowest BCUT2D eigenvalue weighted by Crippen LogP contribution is -2.34. The second kappa shape index (κ2) is 4.98. The van der Waals surface area contributed by atoms with Crippen molar-refractivity contribution >= 4 is 11.6 Å². The highest BCUT2D eigenvalue weighted by molar-refractivity contribution is 5.99. The smallest absolute Gasteiger partial charge is 0.253 e. The second-order valence-electron chi connectivity index (χ2n) is 5.77. The standard InChI is InChI=1S/C14H21N3O/c1-14(2)8-7-10(9-14)16-13(18)11-5-3-4-6-12(11)17-15/h3-6,10,17H,7-9,15H2,1-2H3,(H,16,18). The molecular weight excluding hydrogens is 226 g/mol. The fraction of sp³-hybridized carbons (Fsp3) is 0.500. The molecule has 4 heteroatoms. The van der Waals surface area contributed by atoms with Gasteiger partial charge in [0.2, 0.25) is 0 Å². The van der Waals surface area contributed by atoms with Gasteiger partial charge in [0.15, 0.2) is 0 Å². The molecule has 1 aromatic rings. The third-order valence-corrected chi connectivity index (χ3v) is 3.63. The molecular formula is C14H21N3O. The van der Waals surface area contributed by atoms with Crippen molar-refractivity contribution in [3.05, 3.63) is 29.8 Å². The molecule has 1 aliphatic rings. The molecule has 1 unspecified atom stereocenters.